The van der Waals surface area contributed by atoms with E-state index in [1.54, 1.807) is 24.3 Å². The summed E-state index contributed by atoms with van der Waals surface area (Å²) in [7, 11) is 0. The van der Waals surface area contributed by atoms with Crippen molar-refractivity contribution in [3.05, 3.63) is 35.4 Å². The van der Waals surface area contributed by atoms with E-state index in [1.165, 1.54) is 12.8 Å². The molecule has 1 aromatic rings. The van der Waals surface area contributed by atoms with Crippen molar-refractivity contribution in [3.63, 3.8) is 0 Å². The van der Waals surface area contributed by atoms with E-state index in [-0.39, 0.29) is 12.6 Å². The van der Waals surface area contributed by atoms with Crippen LogP contribution in [0.3, 0.4) is 0 Å². The van der Waals surface area contributed by atoms with Gasteiger partial charge < -0.3 is 9.84 Å². The maximum atomic E-state index is 11.9. The van der Waals surface area contributed by atoms with Gasteiger partial charge in [-0.05, 0) is 30.0 Å². The summed E-state index contributed by atoms with van der Waals surface area (Å²) in [4.78, 5) is 11.9. The molecule has 1 aromatic carbocycles. The third kappa shape index (κ3) is 5.43. The van der Waals surface area contributed by atoms with Gasteiger partial charge in [0.2, 0.25) is 0 Å². The number of ether oxygens (including phenoxy) is 1. The van der Waals surface area contributed by atoms with E-state index < -0.39 is 0 Å². The Morgan fingerprint density at radius 1 is 1.37 bits per heavy atom. The maximum absolute atomic E-state index is 11.9. The number of hydrogen-bond acceptors (Lipinski definition) is 3. The van der Waals surface area contributed by atoms with Crippen LogP contribution in [0.4, 0.5) is 0 Å². The summed E-state index contributed by atoms with van der Waals surface area (Å²) >= 11 is 0. The molecule has 0 aliphatic carbocycles. The maximum Gasteiger partial charge on any atom is 0.338 e. The van der Waals surface area contributed by atoms with Crippen molar-refractivity contribution in [2.45, 2.75) is 46.1 Å². The molecular weight excluding hydrogens is 240 g/mol. The fraction of sp³-hybridized carbons (Fsp3) is 0.562. The van der Waals surface area contributed by atoms with Gasteiger partial charge in [-0.3, -0.25) is 0 Å². The Hall–Kier alpha value is -1.35. The Bertz CT molecular complexity index is 387. The molecule has 0 bridgehead atoms. The van der Waals surface area contributed by atoms with Crippen LogP contribution in [0, 0.1) is 5.92 Å². The van der Waals surface area contributed by atoms with Crippen LogP contribution in [0.25, 0.3) is 0 Å². The zero-order valence-electron chi connectivity index (χ0n) is 11.9. The molecule has 0 aromatic heterocycles. The Morgan fingerprint density at radius 2 is 2.16 bits per heavy atom. The predicted molar refractivity (Wildman–Crippen MR) is 76.0 cm³/mol. The molecule has 0 heterocycles. The lowest BCUT2D eigenvalue weighted by Crippen LogP contribution is -2.14. The molecule has 1 atom stereocenters. The number of rotatable bonds is 8. The Labute approximate surface area is 115 Å². The minimum Gasteiger partial charge on any atom is -0.462 e. The van der Waals surface area contributed by atoms with Crippen LogP contribution in [0.2, 0.25) is 0 Å². The molecule has 106 valence electrons. The normalized spacial score (nSPS) is 12.2. The van der Waals surface area contributed by atoms with E-state index >= 15 is 0 Å². The summed E-state index contributed by atoms with van der Waals surface area (Å²) in [5.74, 6) is 0.148. The molecule has 3 nitrogen and oxygen atoms in total. The van der Waals surface area contributed by atoms with Gasteiger partial charge in [0, 0.05) is 0 Å². The first-order valence-corrected chi connectivity index (χ1v) is 7.08. The molecule has 1 N–H and O–H groups in total. The summed E-state index contributed by atoms with van der Waals surface area (Å²) in [5.41, 5.74) is 1.24. The lowest BCUT2D eigenvalue weighted by atomic mass is 10.0. The zero-order valence-corrected chi connectivity index (χ0v) is 11.9. The molecule has 1 rings (SSSR count). The second kappa shape index (κ2) is 8.70. The number of carbonyl (C=O) groups is 1. The largest absolute Gasteiger partial charge is 0.462 e. The number of carbonyl (C=O) groups excluding carboxylic acids is 1. The number of benzene rings is 1. The monoisotopic (exact) mass is 264 g/mol. The topological polar surface area (TPSA) is 46.5 Å². The van der Waals surface area contributed by atoms with Crippen LogP contribution in [-0.2, 0) is 11.3 Å². The summed E-state index contributed by atoms with van der Waals surface area (Å²) < 4.78 is 5.36. The van der Waals surface area contributed by atoms with Gasteiger partial charge in [-0.15, -0.1) is 0 Å². The Kier molecular flexibility index (Phi) is 7.19. The lowest BCUT2D eigenvalue weighted by molar-refractivity contribution is 0.0428. The molecule has 0 amide bonds. The van der Waals surface area contributed by atoms with Crippen molar-refractivity contribution in [3.8, 4) is 0 Å². The van der Waals surface area contributed by atoms with Gasteiger partial charge in [-0.2, -0.15) is 0 Å². The fourth-order valence-corrected chi connectivity index (χ4v) is 1.97. The summed E-state index contributed by atoms with van der Waals surface area (Å²) in [6, 6.07) is 6.94. The van der Waals surface area contributed by atoms with E-state index in [0.29, 0.717) is 18.1 Å². The van der Waals surface area contributed by atoms with Crippen LogP contribution < -0.4 is 0 Å². The smallest absolute Gasteiger partial charge is 0.338 e. The van der Waals surface area contributed by atoms with Crippen molar-refractivity contribution in [2.24, 2.45) is 5.92 Å². The van der Waals surface area contributed by atoms with E-state index in [4.69, 9.17) is 9.84 Å². The highest BCUT2D eigenvalue weighted by Crippen LogP contribution is 2.14. The second-order valence-electron chi connectivity index (χ2n) is 4.87. The molecule has 0 radical (unpaired) electrons. The quantitative estimate of drug-likeness (QED) is 0.730. The first-order chi connectivity index (χ1) is 9.21. The summed E-state index contributed by atoms with van der Waals surface area (Å²) in [6.07, 6.45) is 4.49. The minimum absolute atomic E-state index is 0.0603. The van der Waals surface area contributed by atoms with Gasteiger partial charge in [0.25, 0.3) is 0 Å². The van der Waals surface area contributed by atoms with Gasteiger partial charge in [0.1, 0.15) is 0 Å². The van der Waals surface area contributed by atoms with Gasteiger partial charge in [0.05, 0.1) is 18.8 Å². The average molecular weight is 264 g/mol. The lowest BCUT2D eigenvalue weighted by Gasteiger charge is -2.14. The van der Waals surface area contributed by atoms with Gasteiger partial charge >= 0.3 is 5.97 Å². The van der Waals surface area contributed by atoms with E-state index in [0.717, 1.165) is 18.4 Å². The standard InChI is InChI=1S/C16H24O3/c1-3-5-7-13(4-2)12-19-16(18)15-9-6-8-14(10-15)11-17/h6,8-10,13,17H,3-5,7,11-12H2,1-2H3. The van der Waals surface area contributed by atoms with Crippen LogP contribution in [0.1, 0.15) is 55.5 Å². The number of unbranched alkanes of at least 4 members (excludes halogenated alkanes) is 1. The molecule has 0 aliphatic rings. The summed E-state index contributed by atoms with van der Waals surface area (Å²) in [5, 5.41) is 9.05. The van der Waals surface area contributed by atoms with Crippen molar-refractivity contribution >= 4 is 5.97 Å². The third-order valence-corrected chi connectivity index (χ3v) is 3.34. The highest BCUT2D eigenvalue weighted by molar-refractivity contribution is 5.89. The third-order valence-electron chi connectivity index (χ3n) is 3.34. The molecule has 0 aliphatic heterocycles. The number of aliphatic hydroxyl groups excluding tert-OH is 1. The predicted octanol–water partition coefficient (Wildman–Crippen LogP) is 3.55. The van der Waals surface area contributed by atoms with Crippen LogP contribution in [0.5, 0.6) is 0 Å². The Morgan fingerprint density at radius 3 is 2.79 bits per heavy atom. The van der Waals surface area contributed by atoms with Gasteiger partial charge in [-0.1, -0.05) is 45.2 Å². The highest BCUT2D eigenvalue weighted by Gasteiger charge is 2.12. The van der Waals surface area contributed by atoms with Crippen molar-refractivity contribution < 1.29 is 14.6 Å². The first-order valence-electron chi connectivity index (χ1n) is 7.08. The molecule has 3 heteroatoms. The summed E-state index contributed by atoms with van der Waals surface area (Å²) in [6.45, 7) is 4.72. The van der Waals surface area contributed by atoms with E-state index in [9.17, 15) is 4.79 Å². The van der Waals surface area contributed by atoms with E-state index in [2.05, 4.69) is 13.8 Å². The molecular formula is C16H24O3. The van der Waals surface area contributed by atoms with E-state index in [1.807, 2.05) is 0 Å². The molecule has 1 unspecified atom stereocenters. The number of hydrogen-bond donors (Lipinski definition) is 1. The van der Waals surface area contributed by atoms with Crippen molar-refractivity contribution in [1.29, 1.82) is 0 Å². The Balaban J connectivity index is 2.49. The van der Waals surface area contributed by atoms with Gasteiger partial charge in [-0.25, -0.2) is 4.79 Å². The highest BCUT2D eigenvalue weighted by atomic mass is 16.5. The molecule has 0 fully saturated rings. The minimum atomic E-state index is -0.301. The van der Waals surface area contributed by atoms with Crippen LogP contribution in [-0.4, -0.2) is 17.7 Å². The fourth-order valence-electron chi connectivity index (χ4n) is 1.97. The van der Waals surface area contributed by atoms with Crippen LogP contribution >= 0.6 is 0 Å². The SMILES string of the molecule is CCCCC(CC)COC(=O)c1cccc(CO)c1. The molecule has 0 saturated carbocycles. The molecule has 0 saturated heterocycles. The molecule has 0 spiro atoms. The first kappa shape index (κ1) is 15.7. The number of esters is 1. The molecule has 19 heavy (non-hydrogen) atoms. The van der Waals surface area contributed by atoms with Crippen molar-refractivity contribution in [1.82, 2.24) is 0 Å². The van der Waals surface area contributed by atoms with Crippen molar-refractivity contribution in [2.75, 3.05) is 6.61 Å². The average Bonchev–Trinajstić information content (AvgIpc) is 2.47. The van der Waals surface area contributed by atoms with Crippen LogP contribution in [0.15, 0.2) is 24.3 Å². The zero-order chi connectivity index (χ0) is 14.1. The number of aliphatic hydroxyl groups is 1. The van der Waals surface area contributed by atoms with Gasteiger partial charge in [0.15, 0.2) is 0 Å². The second-order valence-corrected chi connectivity index (χ2v) is 4.87.